The topological polar surface area (TPSA) is 81.6 Å². The van der Waals surface area contributed by atoms with Crippen LogP contribution >= 0.6 is 0 Å². The molecule has 0 aromatic carbocycles. The first-order valence-electron chi connectivity index (χ1n) is 6.51. The maximum atomic E-state index is 5.76. The number of nitrogens with one attached hydrogen (secondary N) is 1. The van der Waals surface area contributed by atoms with Gasteiger partial charge in [-0.3, -0.25) is 4.68 Å². The van der Waals surface area contributed by atoms with E-state index in [9.17, 15) is 0 Å². The first kappa shape index (κ1) is 13.3. The Kier molecular flexibility index (Phi) is 3.99. The Morgan fingerprint density at radius 2 is 2.05 bits per heavy atom. The van der Waals surface area contributed by atoms with E-state index >= 15 is 0 Å². The number of hydrogen-bond acceptors (Lipinski definition) is 5. The lowest BCUT2D eigenvalue weighted by Gasteiger charge is -2.07. The molecule has 2 heterocycles. The van der Waals surface area contributed by atoms with Gasteiger partial charge in [0.15, 0.2) is 0 Å². The average Bonchev–Trinajstić information content (AvgIpc) is 2.76. The molecule has 6 nitrogen and oxygen atoms in total. The monoisotopic (exact) mass is 260 g/mol. The number of aryl methyl sites for hydroxylation is 3. The van der Waals surface area contributed by atoms with Crippen LogP contribution in [-0.2, 0) is 26.4 Å². The molecule has 0 bridgehead atoms. The highest BCUT2D eigenvalue weighted by molar-refractivity contribution is 5.45. The molecule has 3 N–H and O–H groups in total. The van der Waals surface area contributed by atoms with Crippen LogP contribution in [0.15, 0.2) is 12.3 Å². The average molecular weight is 260 g/mol. The molecule has 6 heteroatoms. The predicted octanol–water partition coefficient (Wildman–Crippen LogP) is 1.53. The van der Waals surface area contributed by atoms with Crippen LogP contribution in [0.1, 0.15) is 30.9 Å². The third-order valence-corrected chi connectivity index (χ3v) is 2.90. The standard InChI is InChI=1S/C13H20N6/c1-4-10-9(8-19(3)18-10)7-15-13-6-11(14)16-12(5-2)17-13/h6,8H,4-5,7H2,1-3H3,(H3,14,15,16,17). The van der Waals surface area contributed by atoms with E-state index in [0.717, 1.165) is 30.2 Å². The summed E-state index contributed by atoms with van der Waals surface area (Å²) in [5.41, 5.74) is 8.04. The summed E-state index contributed by atoms with van der Waals surface area (Å²) < 4.78 is 1.83. The fraction of sp³-hybridized carbons (Fsp3) is 0.462. The fourth-order valence-corrected chi connectivity index (χ4v) is 1.98. The van der Waals surface area contributed by atoms with Gasteiger partial charge >= 0.3 is 0 Å². The van der Waals surface area contributed by atoms with Gasteiger partial charge in [-0.2, -0.15) is 5.10 Å². The Labute approximate surface area is 113 Å². The lowest BCUT2D eigenvalue weighted by molar-refractivity contribution is 0.746. The van der Waals surface area contributed by atoms with E-state index < -0.39 is 0 Å². The minimum Gasteiger partial charge on any atom is -0.384 e. The van der Waals surface area contributed by atoms with Gasteiger partial charge in [-0.1, -0.05) is 13.8 Å². The van der Waals surface area contributed by atoms with Gasteiger partial charge in [-0.25, -0.2) is 9.97 Å². The molecule has 2 aromatic rings. The number of aromatic nitrogens is 4. The molecule has 0 saturated carbocycles. The van der Waals surface area contributed by atoms with E-state index in [-0.39, 0.29) is 0 Å². The highest BCUT2D eigenvalue weighted by Crippen LogP contribution is 2.13. The van der Waals surface area contributed by atoms with Crippen molar-refractivity contribution < 1.29 is 0 Å². The van der Waals surface area contributed by atoms with Gasteiger partial charge < -0.3 is 11.1 Å². The van der Waals surface area contributed by atoms with Gasteiger partial charge in [0.2, 0.25) is 0 Å². The summed E-state index contributed by atoms with van der Waals surface area (Å²) in [6, 6.07) is 1.75. The second-order valence-corrected chi connectivity index (χ2v) is 4.43. The largest absolute Gasteiger partial charge is 0.384 e. The van der Waals surface area contributed by atoms with E-state index in [2.05, 4.69) is 27.3 Å². The van der Waals surface area contributed by atoms with Gasteiger partial charge in [0, 0.05) is 37.8 Å². The lowest BCUT2D eigenvalue weighted by Crippen LogP contribution is -2.06. The van der Waals surface area contributed by atoms with Crippen molar-refractivity contribution in [1.82, 2.24) is 19.7 Å². The molecule has 0 radical (unpaired) electrons. The van der Waals surface area contributed by atoms with Gasteiger partial charge in [0.1, 0.15) is 17.5 Å². The van der Waals surface area contributed by atoms with Crippen LogP contribution in [0.3, 0.4) is 0 Å². The number of hydrogen-bond donors (Lipinski definition) is 2. The van der Waals surface area contributed by atoms with E-state index in [1.54, 1.807) is 6.07 Å². The zero-order valence-electron chi connectivity index (χ0n) is 11.6. The van der Waals surface area contributed by atoms with Crippen LogP contribution in [0.25, 0.3) is 0 Å². The molecule has 0 atom stereocenters. The first-order valence-corrected chi connectivity index (χ1v) is 6.51. The number of nitrogens with two attached hydrogens (primary N) is 1. The van der Waals surface area contributed by atoms with Crippen LogP contribution in [0.5, 0.6) is 0 Å². The molecule has 0 aliphatic heterocycles. The minimum atomic E-state index is 0.497. The number of anilines is 2. The summed E-state index contributed by atoms with van der Waals surface area (Å²) >= 11 is 0. The molecule has 2 aromatic heterocycles. The second kappa shape index (κ2) is 5.69. The highest BCUT2D eigenvalue weighted by atomic mass is 15.3. The third-order valence-electron chi connectivity index (χ3n) is 2.90. The van der Waals surface area contributed by atoms with Crippen molar-refractivity contribution in [3.8, 4) is 0 Å². The summed E-state index contributed by atoms with van der Waals surface area (Å²) in [6.45, 7) is 4.80. The van der Waals surface area contributed by atoms with Gasteiger partial charge in [-0.15, -0.1) is 0 Å². The summed E-state index contributed by atoms with van der Waals surface area (Å²) in [5.74, 6) is 2.01. The second-order valence-electron chi connectivity index (χ2n) is 4.43. The Hall–Kier alpha value is -2.11. The van der Waals surface area contributed by atoms with Gasteiger partial charge in [0.05, 0.1) is 5.69 Å². The zero-order valence-corrected chi connectivity index (χ0v) is 11.6. The Morgan fingerprint density at radius 3 is 2.74 bits per heavy atom. The summed E-state index contributed by atoms with van der Waals surface area (Å²) in [6.07, 6.45) is 3.72. The normalized spacial score (nSPS) is 10.7. The molecule has 0 saturated heterocycles. The molecular formula is C13H20N6. The Bertz CT molecular complexity index is 560. The van der Waals surface area contributed by atoms with Crippen LogP contribution in [0, 0.1) is 0 Å². The molecule has 0 fully saturated rings. The van der Waals surface area contributed by atoms with Gasteiger partial charge in [0.25, 0.3) is 0 Å². The van der Waals surface area contributed by atoms with Crippen LogP contribution in [-0.4, -0.2) is 19.7 Å². The summed E-state index contributed by atoms with van der Waals surface area (Å²) in [5, 5.41) is 7.69. The number of nitrogens with zero attached hydrogens (tertiary/aromatic N) is 4. The zero-order chi connectivity index (χ0) is 13.8. The molecule has 2 rings (SSSR count). The first-order chi connectivity index (χ1) is 9.12. The lowest BCUT2D eigenvalue weighted by atomic mass is 10.2. The van der Waals surface area contributed by atoms with Crippen molar-refractivity contribution in [2.75, 3.05) is 11.1 Å². The fourth-order valence-electron chi connectivity index (χ4n) is 1.98. The van der Waals surface area contributed by atoms with Crippen molar-refractivity contribution >= 4 is 11.6 Å². The van der Waals surface area contributed by atoms with Crippen molar-refractivity contribution in [3.63, 3.8) is 0 Å². The van der Waals surface area contributed by atoms with E-state index in [4.69, 9.17) is 5.73 Å². The Balaban J connectivity index is 2.11. The molecule has 0 amide bonds. The predicted molar refractivity (Wildman–Crippen MR) is 75.7 cm³/mol. The highest BCUT2D eigenvalue weighted by Gasteiger charge is 2.06. The molecule has 0 unspecified atom stereocenters. The van der Waals surface area contributed by atoms with Gasteiger partial charge in [-0.05, 0) is 6.42 Å². The van der Waals surface area contributed by atoms with Crippen LogP contribution < -0.4 is 11.1 Å². The summed E-state index contributed by atoms with van der Waals surface area (Å²) in [7, 11) is 1.93. The summed E-state index contributed by atoms with van der Waals surface area (Å²) in [4.78, 5) is 8.56. The van der Waals surface area contributed by atoms with E-state index in [1.165, 1.54) is 5.56 Å². The molecular weight excluding hydrogens is 240 g/mol. The molecule has 0 aliphatic carbocycles. The van der Waals surface area contributed by atoms with Crippen LogP contribution in [0.4, 0.5) is 11.6 Å². The quantitative estimate of drug-likeness (QED) is 0.852. The smallest absolute Gasteiger partial charge is 0.132 e. The maximum absolute atomic E-state index is 5.76. The van der Waals surface area contributed by atoms with E-state index in [1.807, 2.05) is 24.9 Å². The van der Waals surface area contributed by atoms with Crippen molar-refractivity contribution in [2.24, 2.45) is 7.05 Å². The van der Waals surface area contributed by atoms with Crippen molar-refractivity contribution in [3.05, 3.63) is 29.3 Å². The molecule has 0 aliphatic rings. The Morgan fingerprint density at radius 1 is 1.26 bits per heavy atom. The molecule has 19 heavy (non-hydrogen) atoms. The number of rotatable bonds is 5. The van der Waals surface area contributed by atoms with E-state index in [0.29, 0.717) is 12.4 Å². The third kappa shape index (κ3) is 3.21. The maximum Gasteiger partial charge on any atom is 0.132 e. The molecule has 0 spiro atoms. The SMILES string of the molecule is CCc1nc(N)cc(NCc2cn(C)nc2CC)n1. The minimum absolute atomic E-state index is 0.497. The van der Waals surface area contributed by atoms with Crippen molar-refractivity contribution in [2.45, 2.75) is 33.2 Å². The molecule has 102 valence electrons. The number of nitrogen functional groups attached to an aromatic ring is 1. The van der Waals surface area contributed by atoms with Crippen molar-refractivity contribution in [1.29, 1.82) is 0 Å². The van der Waals surface area contributed by atoms with Crippen LogP contribution in [0.2, 0.25) is 0 Å².